The van der Waals surface area contributed by atoms with Gasteiger partial charge in [0.2, 0.25) is 5.91 Å². The van der Waals surface area contributed by atoms with Crippen LogP contribution in [0.25, 0.3) is 0 Å². The normalized spacial score (nSPS) is 26.8. The van der Waals surface area contributed by atoms with Crippen LogP contribution in [0.5, 0.6) is 5.75 Å². The largest absolute Gasteiger partial charge is 0.484 e. The molecule has 1 amide bonds. The predicted molar refractivity (Wildman–Crippen MR) is 96.2 cm³/mol. The smallest absolute Gasteiger partial charge is 0.225 e. The molecule has 6 heteroatoms. The van der Waals surface area contributed by atoms with Crippen LogP contribution >= 0.6 is 0 Å². The van der Waals surface area contributed by atoms with E-state index < -0.39 is 5.60 Å². The minimum absolute atomic E-state index is 0.0478. The van der Waals surface area contributed by atoms with E-state index in [1.54, 1.807) is 0 Å². The third-order valence-electron chi connectivity index (χ3n) is 5.98. The van der Waals surface area contributed by atoms with E-state index in [0.717, 1.165) is 25.9 Å². The number of likely N-dealkylation sites (tertiary alicyclic amines) is 2. The molecular weight excluding hydrogens is 332 g/mol. The first-order chi connectivity index (χ1) is 12.6. The van der Waals surface area contributed by atoms with Crippen LogP contribution in [-0.2, 0) is 4.79 Å². The van der Waals surface area contributed by atoms with Gasteiger partial charge in [-0.2, -0.15) is 0 Å². The summed E-state index contributed by atoms with van der Waals surface area (Å²) < 4.78 is 6.22. The summed E-state index contributed by atoms with van der Waals surface area (Å²) >= 11 is 0. The Morgan fingerprint density at radius 3 is 2.77 bits per heavy atom. The Kier molecular flexibility index (Phi) is 4.71. The fraction of sp³-hybridized carbons (Fsp3) is 0.600. The SMILES string of the molecule is O=C1CC2(CCN(C(=O)C3CCN(CCO)CC3)C2)Oc2ccccc21. The number of ether oxygens (including phenoxy) is 1. The number of hydrogen-bond acceptors (Lipinski definition) is 5. The molecule has 0 aromatic heterocycles. The van der Waals surface area contributed by atoms with Crippen molar-refractivity contribution in [3.63, 3.8) is 0 Å². The molecule has 2 saturated heterocycles. The summed E-state index contributed by atoms with van der Waals surface area (Å²) in [6, 6.07) is 7.38. The van der Waals surface area contributed by atoms with Crippen LogP contribution in [0.3, 0.4) is 0 Å². The zero-order valence-corrected chi connectivity index (χ0v) is 15.0. The molecule has 26 heavy (non-hydrogen) atoms. The number of fused-ring (bicyclic) bond motifs is 1. The summed E-state index contributed by atoms with van der Waals surface area (Å²) in [7, 11) is 0. The number of carbonyl (C=O) groups is 2. The molecule has 4 rings (SSSR count). The lowest BCUT2D eigenvalue weighted by molar-refractivity contribution is -0.136. The molecule has 3 aliphatic heterocycles. The minimum Gasteiger partial charge on any atom is -0.484 e. The quantitative estimate of drug-likeness (QED) is 0.883. The van der Waals surface area contributed by atoms with Gasteiger partial charge in [0.25, 0.3) is 0 Å². The Balaban J connectivity index is 1.40. The van der Waals surface area contributed by atoms with Crippen LogP contribution in [-0.4, -0.2) is 71.5 Å². The van der Waals surface area contributed by atoms with E-state index in [0.29, 0.717) is 43.8 Å². The minimum atomic E-state index is -0.557. The van der Waals surface area contributed by atoms with E-state index in [1.165, 1.54) is 0 Å². The number of aliphatic hydroxyl groups excluding tert-OH is 1. The third-order valence-corrected chi connectivity index (χ3v) is 5.98. The average Bonchev–Trinajstić information content (AvgIpc) is 3.05. The highest BCUT2D eigenvalue weighted by molar-refractivity contribution is 6.00. The van der Waals surface area contributed by atoms with Gasteiger partial charge in [-0.05, 0) is 38.1 Å². The fourth-order valence-corrected chi connectivity index (χ4v) is 4.51. The van der Waals surface area contributed by atoms with Gasteiger partial charge in [0.1, 0.15) is 11.4 Å². The van der Waals surface area contributed by atoms with Crippen LogP contribution in [0.15, 0.2) is 24.3 Å². The van der Waals surface area contributed by atoms with Gasteiger partial charge in [0.15, 0.2) is 5.78 Å². The highest BCUT2D eigenvalue weighted by Crippen LogP contribution is 2.39. The highest BCUT2D eigenvalue weighted by atomic mass is 16.5. The summed E-state index contributed by atoms with van der Waals surface area (Å²) in [5.74, 6) is 1.00. The fourth-order valence-electron chi connectivity index (χ4n) is 4.51. The maximum absolute atomic E-state index is 12.9. The molecular formula is C20H26N2O4. The first-order valence-corrected chi connectivity index (χ1v) is 9.53. The molecule has 1 unspecified atom stereocenters. The summed E-state index contributed by atoms with van der Waals surface area (Å²) in [5.41, 5.74) is 0.0951. The molecule has 1 aromatic rings. The van der Waals surface area contributed by atoms with Gasteiger partial charge in [0.05, 0.1) is 25.1 Å². The van der Waals surface area contributed by atoms with E-state index in [4.69, 9.17) is 9.84 Å². The number of para-hydroxylation sites is 1. The number of rotatable bonds is 3. The number of ketones is 1. The first-order valence-electron chi connectivity index (χ1n) is 9.53. The summed E-state index contributed by atoms with van der Waals surface area (Å²) in [5, 5.41) is 9.04. The summed E-state index contributed by atoms with van der Waals surface area (Å²) in [4.78, 5) is 29.5. The van der Waals surface area contributed by atoms with Crippen molar-refractivity contribution >= 4 is 11.7 Å². The van der Waals surface area contributed by atoms with Crippen molar-refractivity contribution in [1.29, 1.82) is 0 Å². The second-order valence-corrected chi connectivity index (χ2v) is 7.73. The van der Waals surface area contributed by atoms with Crippen LogP contribution in [0.4, 0.5) is 0 Å². The molecule has 3 aliphatic rings. The van der Waals surface area contributed by atoms with Crippen molar-refractivity contribution in [2.75, 3.05) is 39.3 Å². The van der Waals surface area contributed by atoms with Gasteiger partial charge in [-0.25, -0.2) is 0 Å². The predicted octanol–water partition coefficient (Wildman–Crippen LogP) is 1.33. The maximum atomic E-state index is 12.9. The van der Waals surface area contributed by atoms with E-state index >= 15 is 0 Å². The molecule has 1 N–H and O–H groups in total. The van der Waals surface area contributed by atoms with Crippen LogP contribution in [0.1, 0.15) is 36.0 Å². The Bertz CT molecular complexity index is 699. The highest BCUT2D eigenvalue weighted by Gasteiger charge is 2.47. The topological polar surface area (TPSA) is 70.1 Å². The summed E-state index contributed by atoms with van der Waals surface area (Å²) in [6.45, 7) is 3.73. The molecule has 1 spiro atoms. The number of hydrogen-bond donors (Lipinski definition) is 1. The molecule has 1 atom stereocenters. The lowest BCUT2D eigenvalue weighted by atomic mass is 9.89. The van der Waals surface area contributed by atoms with Crippen molar-refractivity contribution in [2.24, 2.45) is 5.92 Å². The Labute approximate surface area is 153 Å². The number of β-amino-alcohol motifs (C(OH)–C–C–N with tert-alkyl or cyclic N) is 1. The number of nitrogens with zero attached hydrogens (tertiary/aromatic N) is 2. The van der Waals surface area contributed by atoms with E-state index in [9.17, 15) is 9.59 Å². The second kappa shape index (κ2) is 7.00. The molecule has 0 aliphatic carbocycles. The zero-order chi connectivity index (χ0) is 18.1. The van der Waals surface area contributed by atoms with Crippen molar-refractivity contribution < 1.29 is 19.4 Å². The number of aliphatic hydroxyl groups is 1. The van der Waals surface area contributed by atoms with Crippen molar-refractivity contribution in [3.8, 4) is 5.75 Å². The van der Waals surface area contributed by atoms with Crippen molar-refractivity contribution in [1.82, 2.24) is 9.80 Å². The molecule has 0 saturated carbocycles. The Morgan fingerprint density at radius 2 is 2.00 bits per heavy atom. The number of carbonyl (C=O) groups excluding carboxylic acids is 2. The third kappa shape index (κ3) is 3.23. The second-order valence-electron chi connectivity index (χ2n) is 7.73. The Morgan fingerprint density at radius 1 is 1.23 bits per heavy atom. The molecule has 2 fully saturated rings. The molecule has 3 heterocycles. The zero-order valence-electron chi connectivity index (χ0n) is 15.0. The van der Waals surface area contributed by atoms with Crippen LogP contribution in [0, 0.1) is 5.92 Å². The molecule has 1 aromatic carbocycles. The summed E-state index contributed by atoms with van der Waals surface area (Å²) in [6.07, 6.45) is 2.74. The number of Topliss-reactive ketones (excluding diaryl/α,β-unsaturated/α-hetero) is 1. The van der Waals surface area contributed by atoms with Gasteiger partial charge < -0.3 is 19.6 Å². The molecule has 0 bridgehead atoms. The van der Waals surface area contributed by atoms with Crippen LogP contribution in [0.2, 0.25) is 0 Å². The monoisotopic (exact) mass is 358 g/mol. The van der Waals surface area contributed by atoms with Gasteiger partial charge in [-0.3, -0.25) is 9.59 Å². The maximum Gasteiger partial charge on any atom is 0.225 e. The van der Waals surface area contributed by atoms with Gasteiger partial charge in [-0.15, -0.1) is 0 Å². The van der Waals surface area contributed by atoms with Gasteiger partial charge in [-0.1, -0.05) is 12.1 Å². The standard InChI is InChI=1S/C20H26N2O4/c23-12-11-21-8-5-15(6-9-21)19(25)22-10-7-20(14-22)13-17(24)16-3-1-2-4-18(16)26-20/h1-4,15,23H,5-14H2. The first kappa shape index (κ1) is 17.5. The number of benzene rings is 1. The van der Waals surface area contributed by atoms with Crippen LogP contribution < -0.4 is 4.74 Å². The van der Waals surface area contributed by atoms with Gasteiger partial charge >= 0.3 is 0 Å². The van der Waals surface area contributed by atoms with Crippen molar-refractivity contribution in [2.45, 2.75) is 31.3 Å². The lowest BCUT2D eigenvalue weighted by Crippen LogP contribution is -2.47. The van der Waals surface area contributed by atoms with Crippen molar-refractivity contribution in [3.05, 3.63) is 29.8 Å². The average molecular weight is 358 g/mol. The molecule has 6 nitrogen and oxygen atoms in total. The number of piperidine rings is 1. The molecule has 0 radical (unpaired) electrons. The Hall–Kier alpha value is -1.92. The lowest BCUT2D eigenvalue weighted by Gasteiger charge is -2.36. The van der Waals surface area contributed by atoms with E-state index in [2.05, 4.69) is 4.90 Å². The van der Waals surface area contributed by atoms with E-state index in [1.807, 2.05) is 29.2 Å². The van der Waals surface area contributed by atoms with Gasteiger partial charge in [0, 0.05) is 25.4 Å². The number of amides is 1. The van der Waals surface area contributed by atoms with E-state index in [-0.39, 0.29) is 24.2 Å². The molecule has 140 valence electrons.